The summed E-state index contributed by atoms with van der Waals surface area (Å²) >= 11 is 3.42. The Morgan fingerprint density at radius 3 is 2.29 bits per heavy atom. The number of rotatable bonds is 2. The van der Waals surface area contributed by atoms with Crippen LogP contribution >= 0.6 is 28.3 Å². The van der Waals surface area contributed by atoms with E-state index in [9.17, 15) is 0 Å². The first-order valence-electron chi connectivity index (χ1n) is 5.47. The summed E-state index contributed by atoms with van der Waals surface area (Å²) in [5.74, 6) is 0. The number of hydrazone groups is 1. The largest absolute Gasteiger partial charge is 0.303 e. The van der Waals surface area contributed by atoms with Crippen molar-refractivity contribution < 1.29 is 0 Å². The van der Waals surface area contributed by atoms with Gasteiger partial charge < -0.3 is 4.90 Å². The van der Waals surface area contributed by atoms with Gasteiger partial charge >= 0.3 is 0 Å². The number of benzene rings is 1. The summed E-state index contributed by atoms with van der Waals surface area (Å²) in [6, 6.07) is 8.18. The smallest absolute Gasteiger partial charge is 0.0542 e. The van der Waals surface area contributed by atoms with E-state index in [0.29, 0.717) is 0 Å². The van der Waals surface area contributed by atoms with Gasteiger partial charge in [-0.05, 0) is 24.7 Å². The number of piperazine rings is 1. The van der Waals surface area contributed by atoms with Crippen LogP contribution in [0.5, 0.6) is 0 Å². The Hall–Kier alpha value is -0.580. The van der Waals surface area contributed by atoms with Crippen molar-refractivity contribution in [3.63, 3.8) is 0 Å². The second-order valence-corrected chi connectivity index (χ2v) is 4.97. The van der Waals surface area contributed by atoms with E-state index in [4.69, 9.17) is 0 Å². The average Bonchev–Trinajstić information content (AvgIpc) is 2.30. The summed E-state index contributed by atoms with van der Waals surface area (Å²) in [5.41, 5.74) is 1.14. The molecular formula is C12H17BrClN3. The number of halogens is 2. The predicted octanol–water partition coefficient (Wildman–Crippen LogP) is 2.45. The fraction of sp³-hybridized carbons (Fsp3) is 0.417. The minimum Gasteiger partial charge on any atom is -0.303 e. The summed E-state index contributed by atoms with van der Waals surface area (Å²) in [6.45, 7) is 4.22. The molecule has 1 aromatic carbocycles. The lowest BCUT2D eigenvalue weighted by molar-refractivity contribution is 0.159. The van der Waals surface area contributed by atoms with Crippen molar-refractivity contribution in [3.8, 4) is 0 Å². The quantitative estimate of drug-likeness (QED) is 0.780. The highest BCUT2D eigenvalue weighted by Crippen LogP contribution is 2.09. The van der Waals surface area contributed by atoms with E-state index in [-0.39, 0.29) is 12.4 Å². The maximum absolute atomic E-state index is 4.48. The third-order valence-corrected chi connectivity index (χ3v) is 3.25. The standard InChI is InChI=1S/C12H16BrN3.ClH/c1-15-6-8-16(9-7-15)14-10-11-2-4-12(13)5-3-11;/h2-5,10H,6-9H2,1H3;1H. The molecule has 0 amide bonds. The van der Waals surface area contributed by atoms with Gasteiger partial charge in [0.1, 0.15) is 0 Å². The van der Waals surface area contributed by atoms with Crippen LogP contribution in [-0.4, -0.2) is 49.4 Å². The lowest BCUT2D eigenvalue weighted by Gasteiger charge is -2.30. The molecule has 17 heavy (non-hydrogen) atoms. The molecular weight excluding hydrogens is 302 g/mol. The van der Waals surface area contributed by atoms with Crippen LogP contribution in [0.15, 0.2) is 33.8 Å². The van der Waals surface area contributed by atoms with Gasteiger partial charge in [-0.3, -0.25) is 5.01 Å². The molecule has 1 aliphatic heterocycles. The van der Waals surface area contributed by atoms with Crippen molar-refractivity contribution in [1.82, 2.24) is 9.91 Å². The number of likely N-dealkylation sites (N-methyl/N-ethyl adjacent to an activating group) is 1. The van der Waals surface area contributed by atoms with Gasteiger partial charge in [0.25, 0.3) is 0 Å². The van der Waals surface area contributed by atoms with E-state index >= 15 is 0 Å². The molecule has 2 rings (SSSR count). The molecule has 0 spiro atoms. The molecule has 0 aromatic heterocycles. The number of hydrogen-bond acceptors (Lipinski definition) is 3. The molecule has 1 aliphatic rings. The molecule has 0 bridgehead atoms. The van der Waals surface area contributed by atoms with Gasteiger partial charge in [0.05, 0.1) is 6.21 Å². The van der Waals surface area contributed by atoms with Gasteiger partial charge in [-0.2, -0.15) is 5.10 Å². The Bertz CT molecular complexity index is 359. The topological polar surface area (TPSA) is 18.8 Å². The van der Waals surface area contributed by atoms with Crippen LogP contribution in [0, 0.1) is 0 Å². The molecule has 94 valence electrons. The second-order valence-electron chi connectivity index (χ2n) is 4.05. The summed E-state index contributed by atoms with van der Waals surface area (Å²) in [7, 11) is 2.15. The average molecular weight is 319 g/mol. The fourth-order valence-electron chi connectivity index (χ4n) is 1.61. The molecule has 5 heteroatoms. The third-order valence-electron chi connectivity index (χ3n) is 2.72. The van der Waals surface area contributed by atoms with E-state index in [0.717, 1.165) is 36.2 Å². The Labute approximate surface area is 117 Å². The molecule has 1 aromatic rings. The minimum absolute atomic E-state index is 0. The first-order chi connectivity index (χ1) is 7.74. The molecule has 0 aliphatic carbocycles. The van der Waals surface area contributed by atoms with Crippen LogP contribution in [0.25, 0.3) is 0 Å². The van der Waals surface area contributed by atoms with Gasteiger partial charge in [0.15, 0.2) is 0 Å². The Morgan fingerprint density at radius 1 is 1.12 bits per heavy atom. The molecule has 1 saturated heterocycles. The Morgan fingerprint density at radius 2 is 1.71 bits per heavy atom. The molecule has 0 N–H and O–H groups in total. The van der Waals surface area contributed by atoms with Crippen molar-refractivity contribution in [1.29, 1.82) is 0 Å². The molecule has 0 unspecified atom stereocenters. The second kappa shape index (κ2) is 6.99. The van der Waals surface area contributed by atoms with Gasteiger partial charge in [0.2, 0.25) is 0 Å². The van der Waals surface area contributed by atoms with Crippen LogP contribution in [0.2, 0.25) is 0 Å². The zero-order valence-corrected chi connectivity index (χ0v) is 12.2. The predicted molar refractivity (Wildman–Crippen MR) is 78.1 cm³/mol. The van der Waals surface area contributed by atoms with E-state index in [1.165, 1.54) is 0 Å². The van der Waals surface area contributed by atoms with Crippen molar-refractivity contribution in [3.05, 3.63) is 34.3 Å². The third kappa shape index (κ3) is 4.66. The van der Waals surface area contributed by atoms with Crippen LogP contribution in [-0.2, 0) is 0 Å². The monoisotopic (exact) mass is 317 g/mol. The number of hydrogen-bond donors (Lipinski definition) is 0. The first kappa shape index (κ1) is 14.5. The van der Waals surface area contributed by atoms with E-state index < -0.39 is 0 Å². The molecule has 0 atom stereocenters. The van der Waals surface area contributed by atoms with Crippen LogP contribution in [0.3, 0.4) is 0 Å². The van der Waals surface area contributed by atoms with Gasteiger partial charge in [-0.25, -0.2) is 0 Å². The maximum atomic E-state index is 4.48. The highest BCUT2D eigenvalue weighted by atomic mass is 79.9. The van der Waals surface area contributed by atoms with E-state index in [2.05, 4.69) is 50.1 Å². The lowest BCUT2D eigenvalue weighted by atomic mass is 10.2. The zero-order chi connectivity index (χ0) is 11.4. The van der Waals surface area contributed by atoms with Gasteiger partial charge in [-0.15, -0.1) is 12.4 Å². The maximum Gasteiger partial charge on any atom is 0.0542 e. The summed E-state index contributed by atoms with van der Waals surface area (Å²) in [6.07, 6.45) is 1.93. The highest BCUT2D eigenvalue weighted by Gasteiger charge is 2.10. The fourth-order valence-corrected chi connectivity index (χ4v) is 1.87. The SMILES string of the molecule is CN1CCN(N=Cc2ccc(Br)cc2)CC1.Cl. The molecule has 0 saturated carbocycles. The van der Waals surface area contributed by atoms with E-state index in [1.807, 2.05) is 18.3 Å². The molecule has 0 radical (unpaired) electrons. The number of nitrogens with zero attached hydrogens (tertiary/aromatic N) is 3. The van der Waals surface area contributed by atoms with Crippen molar-refractivity contribution in [2.75, 3.05) is 33.2 Å². The Kier molecular flexibility index (Phi) is 5.95. The summed E-state index contributed by atoms with van der Waals surface area (Å²) in [5, 5.41) is 6.61. The minimum atomic E-state index is 0. The highest BCUT2D eigenvalue weighted by molar-refractivity contribution is 9.10. The van der Waals surface area contributed by atoms with Gasteiger partial charge in [-0.1, -0.05) is 28.1 Å². The lowest BCUT2D eigenvalue weighted by Crippen LogP contribution is -2.41. The Balaban J connectivity index is 0.00000144. The van der Waals surface area contributed by atoms with Crippen LogP contribution < -0.4 is 0 Å². The first-order valence-corrected chi connectivity index (χ1v) is 6.26. The van der Waals surface area contributed by atoms with Crippen molar-refractivity contribution >= 4 is 34.6 Å². The normalized spacial score (nSPS) is 17.2. The van der Waals surface area contributed by atoms with E-state index in [1.54, 1.807) is 0 Å². The molecule has 3 nitrogen and oxygen atoms in total. The van der Waals surface area contributed by atoms with Crippen molar-refractivity contribution in [2.24, 2.45) is 5.10 Å². The van der Waals surface area contributed by atoms with Crippen LogP contribution in [0.1, 0.15) is 5.56 Å². The zero-order valence-electron chi connectivity index (χ0n) is 9.84. The molecule has 1 fully saturated rings. The summed E-state index contributed by atoms with van der Waals surface area (Å²) in [4.78, 5) is 2.33. The van der Waals surface area contributed by atoms with Crippen molar-refractivity contribution in [2.45, 2.75) is 0 Å². The summed E-state index contributed by atoms with van der Waals surface area (Å²) < 4.78 is 1.10. The molecule has 1 heterocycles. The van der Waals surface area contributed by atoms with Crippen LogP contribution in [0.4, 0.5) is 0 Å². The van der Waals surface area contributed by atoms with Gasteiger partial charge in [0, 0.05) is 30.7 Å².